The average molecular weight is 327 g/mol. The fourth-order valence-corrected chi connectivity index (χ4v) is 2.43. The van der Waals surface area contributed by atoms with Crippen molar-refractivity contribution in [3.8, 4) is 10.8 Å². The van der Waals surface area contributed by atoms with Gasteiger partial charge >= 0.3 is 6.18 Å². The van der Waals surface area contributed by atoms with E-state index in [1.807, 2.05) is 0 Å². The van der Waals surface area contributed by atoms with Crippen LogP contribution in [0.15, 0.2) is 16.3 Å². The topological polar surface area (TPSA) is 43.6 Å². The van der Waals surface area contributed by atoms with E-state index in [0.717, 1.165) is 17.8 Å². The summed E-state index contributed by atoms with van der Waals surface area (Å²) in [5.41, 5.74) is 0. The Morgan fingerprint density at radius 2 is 2.18 bits per heavy atom. The van der Waals surface area contributed by atoms with Crippen molar-refractivity contribution in [3.63, 3.8) is 0 Å². The van der Waals surface area contributed by atoms with Crippen molar-refractivity contribution in [2.75, 3.05) is 0 Å². The van der Waals surface area contributed by atoms with Crippen molar-refractivity contribution in [1.29, 1.82) is 0 Å². The van der Waals surface area contributed by atoms with Gasteiger partial charge in [-0.25, -0.2) is 4.98 Å². The summed E-state index contributed by atoms with van der Waals surface area (Å²) in [6.45, 7) is 1.05. The van der Waals surface area contributed by atoms with Gasteiger partial charge in [-0.2, -0.15) is 13.2 Å². The number of hydrogen-bond acceptors (Lipinski definition) is 4. The maximum absolute atomic E-state index is 12.6. The zero-order valence-corrected chi connectivity index (χ0v) is 10.8. The van der Waals surface area contributed by atoms with E-state index in [2.05, 4.69) is 31.1 Å². The van der Waals surface area contributed by atoms with Gasteiger partial charge in [-0.3, -0.25) is 4.57 Å². The summed E-state index contributed by atoms with van der Waals surface area (Å²) in [4.78, 5) is 4.02. The molecule has 0 aromatic carbocycles. The van der Waals surface area contributed by atoms with Crippen LogP contribution in [0.3, 0.4) is 0 Å². The van der Waals surface area contributed by atoms with Gasteiger partial charge in [0, 0.05) is 5.38 Å². The molecule has 0 bridgehead atoms. The minimum absolute atomic E-state index is 0.116. The highest BCUT2D eigenvalue weighted by molar-refractivity contribution is 9.10. The number of hydrogen-bond donors (Lipinski definition) is 0. The lowest BCUT2D eigenvalue weighted by molar-refractivity contribution is -0.162. The second-order valence-electron chi connectivity index (χ2n) is 3.25. The lowest BCUT2D eigenvalue weighted by Crippen LogP contribution is -2.23. The van der Waals surface area contributed by atoms with Gasteiger partial charge in [0.25, 0.3) is 0 Å². The van der Waals surface area contributed by atoms with Crippen molar-refractivity contribution in [1.82, 2.24) is 19.7 Å². The third-order valence-corrected chi connectivity index (χ3v) is 3.68. The van der Waals surface area contributed by atoms with E-state index in [1.165, 1.54) is 11.3 Å². The Kier molecular flexibility index (Phi) is 3.21. The molecule has 2 heterocycles. The van der Waals surface area contributed by atoms with E-state index in [-0.39, 0.29) is 5.82 Å². The van der Waals surface area contributed by atoms with Gasteiger partial charge in [-0.1, -0.05) is 0 Å². The summed E-state index contributed by atoms with van der Waals surface area (Å²) in [6, 6.07) is -1.69. The van der Waals surface area contributed by atoms with E-state index in [1.54, 1.807) is 5.38 Å². The van der Waals surface area contributed by atoms with Crippen LogP contribution in [0.1, 0.15) is 13.0 Å². The van der Waals surface area contributed by atoms with Crippen LogP contribution in [0, 0.1) is 0 Å². The highest BCUT2D eigenvalue weighted by atomic mass is 79.9. The number of nitrogens with zero attached hydrogens (tertiary/aromatic N) is 4. The number of alkyl halides is 3. The van der Waals surface area contributed by atoms with Gasteiger partial charge in [0.2, 0.25) is 0 Å². The summed E-state index contributed by atoms with van der Waals surface area (Å²) < 4.78 is 39.4. The Bertz CT molecular complexity index is 521. The van der Waals surface area contributed by atoms with Crippen molar-refractivity contribution in [3.05, 3.63) is 16.3 Å². The van der Waals surface area contributed by atoms with E-state index < -0.39 is 12.2 Å². The molecule has 17 heavy (non-hydrogen) atoms. The number of rotatable bonds is 2. The SMILES string of the molecule is C[C@H](n1cnnc1-c1nc(Br)cs1)C(F)(F)F. The Balaban J connectivity index is 2.42. The normalized spacial score (nSPS) is 13.9. The van der Waals surface area contributed by atoms with E-state index in [4.69, 9.17) is 0 Å². The van der Waals surface area contributed by atoms with Crippen molar-refractivity contribution in [2.45, 2.75) is 19.1 Å². The molecule has 0 unspecified atom stereocenters. The number of thiazole rings is 1. The molecule has 0 spiro atoms. The summed E-state index contributed by atoms with van der Waals surface area (Å²) in [7, 11) is 0. The predicted molar refractivity (Wildman–Crippen MR) is 59.6 cm³/mol. The van der Waals surface area contributed by atoms with Crippen LogP contribution in [0.4, 0.5) is 13.2 Å². The molecule has 9 heteroatoms. The van der Waals surface area contributed by atoms with Crippen LogP contribution in [-0.4, -0.2) is 25.9 Å². The molecule has 92 valence electrons. The zero-order chi connectivity index (χ0) is 12.6. The summed E-state index contributed by atoms with van der Waals surface area (Å²) >= 11 is 4.34. The molecular formula is C8H6BrF3N4S. The van der Waals surface area contributed by atoms with Crippen LogP contribution in [0.25, 0.3) is 10.8 Å². The van der Waals surface area contributed by atoms with Crippen molar-refractivity contribution < 1.29 is 13.2 Å². The standard InChI is InChI=1S/C8H6BrF3N4S/c1-4(8(10,11)12)16-3-13-15-6(16)7-14-5(9)2-17-7/h2-4H,1H3/t4-/m0/s1. The minimum Gasteiger partial charge on any atom is -0.300 e. The van der Waals surface area contributed by atoms with Gasteiger partial charge < -0.3 is 0 Å². The molecule has 0 saturated heterocycles. The van der Waals surface area contributed by atoms with E-state index in [0.29, 0.717) is 9.61 Å². The smallest absolute Gasteiger partial charge is 0.300 e. The third-order valence-electron chi connectivity index (χ3n) is 2.13. The lowest BCUT2D eigenvalue weighted by atomic mass is 10.3. The number of aromatic nitrogens is 4. The quantitative estimate of drug-likeness (QED) is 0.850. The molecule has 2 rings (SSSR count). The minimum atomic E-state index is -4.34. The van der Waals surface area contributed by atoms with Crippen molar-refractivity contribution >= 4 is 27.3 Å². The molecule has 0 aliphatic rings. The molecule has 0 radical (unpaired) electrons. The molecule has 0 aliphatic carbocycles. The molecule has 0 aliphatic heterocycles. The highest BCUT2D eigenvalue weighted by Crippen LogP contribution is 2.33. The monoisotopic (exact) mass is 326 g/mol. The molecule has 2 aromatic heterocycles. The van der Waals surface area contributed by atoms with E-state index >= 15 is 0 Å². The fraction of sp³-hybridized carbons (Fsp3) is 0.375. The largest absolute Gasteiger partial charge is 0.408 e. The Morgan fingerprint density at radius 1 is 1.47 bits per heavy atom. The van der Waals surface area contributed by atoms with E-state index in [9.17, 15) is 13.2 Å². The summed E-state index contributed by atoms with van der Waals surface area (Å²) in [6.07, 6.45) is -3.28. The molecule has 0 N–H and O–H groups in total. The van der Waals surface area contributed by atoms with Gasteiger partial charge in [0.05, 0.1) is 0 Å². The molecule has 1 atom stereocenters. The van der Waals surface area contributed by atoms with Gasteiger partial charge in [-0.15, -0.1) is 21.5 Å². The first-order valence-electron chi connectivity index (χ1n) is 4.47. The first-order valence-corrected chi connectivity index (χ1v) is 6.14. The van der Waals surface area contributed by atoms with Crippen molar-refractivity contribution in [2.24, 2.45) is 0 Å². The predicted octanol–water partition coefficient (Wildman–Crippen LogP) is 3.29. The summed E-state index contributed by atoms with van der Waals surface area (Å²) in [5.74, 6) is 0.116. The molecular weight excluding hydrogens is 321 g/mol. The van der Waals surface area contributed by atoms with Crippen LogP contribution in [-0.2, 0) is 0 Å². The Hall–Kier alpha value is -0.960. The first kappa shape index (κ1) is 12.5. The van der Waals surface area contributed by atoms with Crippen LogP contribution >= 0.6 is 27.3 Å². The van der Waals surface area contributed by atoms with Gasteiger partial charge in [0.15, 0.2) is 10.8 Å². The fourth-order valence-electron chi connectivity index (χ4n) is 1.19. The second kappa shape index (κ2) is 4.37. The molecule has 2 aromatic rings. The Morgan fingerprint density at radius 3 is 2.71 bits per heavy atom. The zero-order valence-electron chi connectivity index (χ0n) is 8.44. The van der Waals surface area contributed by atoms with Crippen LogP contribution in [0.2, 0.25) is 0 Å². The lowest BCUT2D eigenvalue weighted by Gasteiger charge is -2.17. The first-order chi connectivity index (χ1) is 7.89. The van der Waals surface area contributed by atoms with Crippen LogP contribution < -0.4 is 0 Å². The third kappa shape index (κ3) is 2.49. The maximum atomic E-state index is 12.6. The van der Waals surface area contributed by atoms with Crippen LogP contribution in [0.5, 0.6) is 0 Å². The van der Waals surface area contributed by atoms with Gasteiger partial charge in [-0.05, 0) is 22.9 Å². The second-order valence-corrected chi connectivity index (χ2v) is 4.93. The highest BCUT2D eigenvalue weighted by Gasteiger charge is 2.38. The molecule has 0 amide bonds. The van der Waals surface area contributed by atoms with Gasteiger partial charge in [0.1, 0.15) is 17.0 Å². The molecule has 0 fully saturated rings. The molecule has 0 saturated carbocycles. The summed E-state index contributed by atoms with van der Waals surface area (Å²) in [5, 5.41) is 9.25. The Labute approximate surface area is 107 Å². The number of halogens is 4. The average Bonchev–Trinajstić information content (AvgIpc) is 2.82. The maximum Gasteiger partial charge on any atom is 0.408 e. The molecule has 4 nitrogen and oxygen atoms in total.